The van der Waals surface area contributed by atoms with Crippen molar-refractivity contribution in [1.82, 2.24) is 20.5 Å². The van der Waals surface area contributed by atoms with Crippen LogP contribution in [-0.4, -0.2) is 49.0 Å². The van der Waals surface area contributed by atoms with Gasteiger partial charge in [0.15, 0.2) is 5.43 Å². The summed E-state index contributed by atoms with van der Waals surface area (Å²) in [6, 6.07) is 7.31. The molecule has 0 aliphatic heterocycles. The van der Waals surface area contributed by atoms with Crippen LogP contribution >= 0.6 is 0 Å². The number of aromatic amines is 1. The zero-order valence-electron chi connectivity index (χ0n) is 14.6. The van der Waals surface area contributed by atoms with Crippen LogP contribution in [0.4, 0.5) is 0 Å². The molecule has 1 aromatic carbocycles. The summed E-state index contributed by atoms with van der Waals surface area (Å²) in [5.41, 5.74) is 1.50. The van der Waals surface area contributed by atoms with Crippen molar-refractivity contribution in [3.8, 4) is 0 Å². The second kappa shape index (κ2) is 8.61. The summed E-state index contributed by atoms with van der Waals surface area (Å²) in [6.07, 6.45) is 0. The minimum absolute atomic E-state index is 0.0741. The van der Waals surface area contributed by atoms with E-state index in [-0.39, 0.29) is 11.3 Å². The average Bonchev–Trinajstić information content (AvgIpc) is 2.61. The fourth-order valence-electron chi connectivity index (χ4n) is 2.68. The van der Waals surface area contributed by atoms with Gasteiger partial charge in [0.05, 0.1) is 0 Å². The Kier molecular flexibility index (Phi) is 6.52. The van der Waals surface area contributed by atoms with Gasteiger partial charge in [-0.15, -0.1) is 0 Å². The monoisotopic (exact) mass is 330 g/mol. The van der Waals surface area contributed by atoms with E-state index in [1.165, 1.54) is 0 Å². The molecule has 1 aromatic heterocycles. The molecule has 2 rings (SSSR count). The third-order valence-electron chi connectivity index (χ3n) is 4.17. The molecule has 6 heteroatoms. The number of pyridine rings is 1. The van der Waals surface area contributed by atoms with Crippen LogP contribution in [0.2, 0.25) is 0 Å². The first-order chi connectivity index (χ1) is 11.6. The molecular formula is C18H26N4O2. The number of carbonyl (C=O) groups excluding carboxylic acids is 1. The predicted octanol–water partition coefficient (Wildman–Crippen LogP) is 1.32. The van der Waals surface area contributed by atoms with Gasteiger partial charge in [-0.05, 0) is 32.3 Å². The van der Waals surface area contributed by atoms with Crippen LogP contribution in [0.3, 0.4) is 0 Å². The molecule has 3 N–H and O–H groups in total. The Balaban J connectivity index is 2.49. The van der Waals surface area contributed by atoms with E-state index in [9.17, 15) is 9.59 Å². The zero-order chi connectivity index (χ0) is 17.5. The van der Waals surface area contributed by atoms with Gasteiger partial charge in [0, 0.05) is 36.1 Å². The van der Waals surface area contributed by atoms with Crippen LogP contribution < -0.4 is 16.1 Å². The van der Waals surface area contributed by atoms with E-state index < -0.39 is 0 Å². The van der Waals surface area contributed by atoms with Crippen LogP contribution in [0.5, 0.6) is 0 Å². The molecule has 0 aliphatic carbocycles. The van der Waals surface area contributed by atoms with Gasteiger partial charge >= 0.3 is 0 Å². The average molecular weight is 330 g/mol. The van der Waals surface area contributed by atoms with Crippen molar-refractivity contribution in [3.63, 3.8) is 0 Å². The van der Waals surface area contributed by atoms with Crippen molar-refractivity contribution < 1.29 is 4.79 Å². The normalized spacial score (nSPS) is 11.2. The molecule has 1 amide bonds. The summed E-state index contributed by atoms with van der Waals surface area (Å²) in [5.74, 6) is -0.241. The number of H-pyrrole nitrogens is 1. The Bertz CT molecular complexity index is 750. The van der Waals surface area contributed by atoms with E-state index in [1.54, 1.807) is 6.07 Å². The molecule has 0 unspecified atom stereocenters. The van der Waals surface area contributed by atoms with Crippen LogP contribution in [0, 0.1) is 0 Å². The number of nitrogens with zero attached hydrogens (tertiary/aromatic N) is 1. The number of hydrogen-bond acceptors (Lipinski definition) is 4. The van der Waals surface area contributed by atoms with E-state index in [1.807, 2.05) is 39.1 Å². The van der Waals surface area contributed by atoms with Crippen LogP contribution in [0.1, 0.15) is 29.9 Å². The molecule has 0 aliphatic rings. The maximum Gasteiger partial charge on any atom is 0.268 e. The summed E-state index contributed by atoms with van der Waals surface area (Å²) in [4.78, 5) is 30.8. The molecule has 6 nitrogen and oxygen atoms in total. The molecule has 0 fully saturated rings. The molecule has 1 heterocycles. The molecule has 0 bridgehead atoms. The molecule has 2 aromatic rings. The highest BCUT2D eigenvalue weighted by Crippen LogP contribution is 2.13. The van der Waals surface area contributed by atoms with Gasteiger partial charge in [-0.3, -0.25) is 14.5 Å². The van der Waals surface area contributed by atoms with Gasteiger partial charge in [-0.1, -0.05) is 26.0 Å². The molecule has 0 saturated carbocycles. The molecule has 24 heavy (non-hydrogen) atoms. The Morgan fingerprint density at radius 1 is 1.17 bits per heavy atom. The van der Waals surface area contributed by atoms with Crippen LogP contribution in [0.15, 0.2) is 29.1 Å². The summed E-state index contributed by atoms with van der Waals surface area (Å²) >= 11 is 0. The minimum atomic E-state index is -0.241. The molecule has 0 spiro atoms. The van der Waals surface area contributed by atoms with Gasteiger partial charge < -0.3 is 15.6 Å². The van der Waals surface area contributed by atoms with Crippen molar-refractivity contribution in [2.24, 2.45) is 0 Å². The quantitative estimate of drug-likeness (QED) is 0.638. The summed E-state index contributed by atoms with van der Waals surface area (Å²) in [7, 11) is 1.83. The fourth-order valence-corrected chi connectivity index (χ4v) is 2.68. The first-order valence-electron chi connectivity index (χ1n) is 8.41. The molecule has 130 valence electrons. The number of fused-ring (bicyclic) bond motifs is 1. The topological polar surface area (TPSA) is 77.2 Å². The lowest BCUT2D eigenvalue weighted by Crippen LogP contribution is -2.35. The van der Waals surface area contributed by atoms with E-state index in [0.717, 1.165) is 13.1 Å². The number of likely N-dealkylation sites (N-methyl/N-ethyl adjacent to an activating group) is 1. The van der Waals surface area contributed by atoms with E-state index >= 15 is 0 Å². The first-order valence-corrected chi connectivity index (χ1v) is 8.41. The van der Waals surface area contributed by atoms with E-state index in [0.29, 0.717) is 41.8 Å². The summed E-state index contributed by atoms with van der Waals surface area (Å²) < 4.78 is 0. The number of amides is 1. The number of aromatic nitrogens is 1. The smallest absolute Gasteiger partial charge is 0.268 e. The van der Waals surface area contributed by atoms with Crippen molar-refractivity contribution in [3.05, 3.63) is 45.7 Å². The second-order valence-electron chi connectivity index (χ2n) is 5.67. The Morgan fingerprint density at radius 2 is 1.88 bits per heavy atom. The largest absolute Gasteiger partial charge is 0.350 e. The third-order valence-corrected chi connectivity index (χ3v) is 4.17. The van der Waals surface area contributed by atoms with Gasteiger partial charge in [0.2, 0.25) is 0 Å². The van der Waals surface area contributed by atoms with Gasteiger partial charge in [0.1, 0.15) is 5.69 Å². The number of rotatable bonds is 8. The highest BCUT2D eigenvalue weighted by Gasteiger charge is 2.19. The third kappa shape index (κ3) is 4.01. The summed E-state index contributed by atoms with van der Waals surface area (Å²) in [5, 5.41) is 6.45. The van der Waals surface area contributed by atoms with Gasteiger partial charge in [-0.2, -0.15) is 0 Å². The van der Waals surface area contributed by atoms with Crippen molar-refractivity contribution in [2.45, 2.75) is 20.4 Å². The highest BCUT2D eigenvalue weighted by molar-refractivity contribution is 5.96. The molecule has 0 saturated heterocycles. The summed E-state index contributed by atoms with van der Waals surface area (Å²) in [6.45, 7) is 7.38. The second-order valence-corrected chi connectivity index (χ2v) is 5.67. The van der Waals surface area contributed by atoms with Gasteiger partial charge in [0.25, 0.3) is 5.91 Å². The minimum Gasteiger partial charge on any atom is -0.350 e. The lowest BCUT2D eigenvalue weighted by molar-refractivity contribution is 0.0947. The molecule has 0 atom stereocenters. The first kappa shape index (κ1) is 18.2. The van der Waals surface area contributed by atoms with E-state index in [2.05, 4.69) is 20.5 Å². The maximum atomic E-state index is 12.9. The number of hydrogen-bond donors (Lipinski definition) is 3. The van der Waals surface area contributed by atoms with Crippen molar-refractivity contribution in [2.75, 3.05) is 33.2 Å². The Morgan fingerprint density at radius 3 is 2.54 bits per heavy atom. The standard InChI is InChI=1S/C18H26N4O2/c1-4-22(5-2)12-14-16(18(24)20-11-10-19-3)21-15-9-7-6-8-13(15)17(14)23/h6-9,19H,4-5,10-12H2,1-3H3,(H,20,24)(H,21,23). The van der Waals surface area contributed by atoms with Gasteiger partial charge in [-0.25, -0.2) is 0 Å². The lowest BCUT2D eigenvalue weighted by atomic mass is 10.1. The van der Waals surface area contributed by atoms with Crippen LogP contribution in [-0.2, 0) is 6.54 Å². The SMILES string of the molecule is CCN(CC)Cc1c(C(=O)NCCNC)[nH]c2ccccc2c1=O. The Labute approximate surface area is 142 Å². The number of benzene rings is 1. The molecule has 0 radical (unpaired) electrons. The van der Waals surface area contributed by atoms with E-state index in [4.69, 9.17) is 0 Å². The number of nitrogens with one attached hydrogen (secondary N) is 3. The Hall–Kier alpha value is -2.18. The fraction of sp³-hybridized carbons (Fsp3) is 0.444. The number of carbonyl (C=O) groups is 1. The highest BCUT2D eigenvalue weighted by atomic mass is 16.2. The zero-order valence-corrected chi connectivity index (χ0v) is 14.6. The molecular weight excluding hydrogens is 304 g/mol. The van der Waals surface area contributed by atoms with Crippen molar-refractivity contribution in [1.29, 1.82) is 0 Å². The predicted molar refractivity (Wildman–Crippen MR) is 97.5 cm³/mol. The maximum absolute atomic E-state index is 12.9. The van der Waals surface area contributed by atoms with Crippen molar-refractivity contribution >= 4 is 16.8 Å². The number of para-hydroxylation sites is 1. The van der Waals surface area contributed by atoms with Crippen LogP contribution in [0.25, 0.3) is 10.9 Å². The lowest BCUT2D eigenvalue weighted by Gasteiger charge is -2.20.